The number of oxazole rings is 1. The zero-order valence-corrected chi connectivity index (χ0v) is 15.3. The number of aryl methyl sites for hydroxylation is 1. The molecule has 25 heavy (non-hydrogen) atoms. The molecule has 0 radical (unpaired) electrons. The number of hydrogen-bond donors (Lipinski definition) is 1. The quantitative estimate of drug-likeness (QED) is 0.774. The van der Waals surface area contributed by atoms with Crippen molar-refractivity contribution in [2.75, 3.05) is 5.32 Å². The molecule has 130 valence electrons. The van der Waals surface area contributed by atoms with Crippen molar-refractivity contribution in [1.29, 1.82) is 0 Å². The second-order valence-electron chi connectivity index (χ2n) is 7.06. The van der Waals surface area contributed by atoms with E-state index in [9.17, 15) is 0 Å². The van der Waals surface area contributed by atoms with Crippen molar-refractivity contribution < 1.29 is 4.42 Å². The fourth-order valence-corrected chi connectivity index (χ4v) is 2.33. The predicted octanol–water partition coefficient (Wildman–Crippen LogP) is 4.05. The molecule has 1 N–H and O–H groups in total. The van der Waals surface area contributed by atoms with Gasteiger partial charge in [-0.05, 0) is 26.0 Å². The van der Waals surface area contributed by atoms with Crippen molar-refractivity contribution >= 4 is 5.82 Å². The number of nitrogens with zero attached hydrogens (tertiary/aromatic N) is 4. The van der Waals surface area contributed by atoms with Crippen LogP contribution in [0.15, 0.2) is 35.1 Å². The van der Waals surface area contributed by atoms with Gasteiger partial charge in [-0.15, -0.1) is 0 Å². The van der Waals surface area contributed by atoms with Crippen LogP contribution < -0.4 is 5.32 Å². The molecule has 3 aromatic heterocycles. The summed E-state index contributed by atoms with van der Waals surface area (Å²) >= 11 is 0. The lowest BCUT2D eigenvalue weighted by molar-refractivity contribution is 0.385. The summed E-state index contributed by atoms with van der Waals surface area (Å²) in [5.41, 5.74) is 2.83. The van der Waals surface area contributed by atoms with Crippen LogP contribution in [0.1, 0.15) is 43.7 Å². The van der Waals surface area contributed by atoms with Crippen LogP contribution in [0.3, 0.4) is 0 Å². The van der Waals surface area contributed by atoms with Gasteiger partial charge in [-0.25, -0.2) is 15.0 Å². The lowest BCUT2D eigenvalue weighted by atomic mass is 9.94. The molecular weight excluding hydrogens is 314 g/mol. The maximum atomic E-state index is 5.83. The summed E-state index contributed by atoms with van der Waals surface area (Å²) in [7, 11) is 0. The maximum Gasteiger partial charge on any atom is 0.213 e. The molecule has 0 amide bonds. The molecule has 0 spiro atoms. The molecule has 0 saturated carbocycles. The van der Waals surface area contributed by atoms with Crippen molar-refractivity contribution in [2.45, 2.75) is 46.6 Å². The Labute approximate surface area is 147 Å². The Morgan fingerprint density at radius 2 is 1.80 bits per heavy atom. The molecule has 0 unspecified atom stereocenters. The summed E-state index contributed by atoms with van der Waals surface area (Å²) in [4.78, 5) is 17.6. The Morgan fingerprint density at radius 1 is 1.08 bits per heavy atom. The molecular formula is C19H23N5O. The SMILES string of the molecule is Cc1nc(-c2ccncc2)nc(NCc2ncc(C(C)(C)C)o2)c1C. The molecule has 0 aliphatic carbocycles. The van der Waals surface area contributed by atoms with E-state index in [0.717, 1.165) is 28.4 Å². The van der Waals surface area contributed by atoms with Crippen LogP contribution in [0, 0.1) is 13.8 Å². The smallest absolute Gasteiger partial charge is 0.213 e. The molecule has 6 nitrogen and oxygen atoms in total. The number of rotatable bonds is 4. The van der Waals surface area contributed by atoms with Crippen LogP contribution >= 0.6 is 0 Å². The first-order valence-corrected chi connectivity index (χ1v) is 8.29. The first-order chi connectivity index (χ1) is 11.8. The molecule has 0 atom stereocenters. The monoisotopic (exact) mass is 337 g/mol. The Hall–Kier alpha value is -2.76. The largest absolute Gasteiger partial charge is 0.443 e. The van der Waals surface area contributed by atoms with Gasteiger partial charge in [0.15, 0.2) is 5.82 Å². The van der Waals surface area contributed by atoms with Crippen LogP contribution in [0.5, 0.6) is 0 Å². The number of aromatic nitrogens is 4. The van der Waals surface area contributed by atoms with E-state index in [4.69, 9.17) is 4.42 Å². The van der Waals surface area contributed by atoms with E-state index in [0.29, 0.717) is 18.3 Å². The second kappa shape index (κ2) is 6.63. The Kier molecular flexibility index (Phi) is 4.53. The first kappa shape index (κ1) is 17.1. The zero-order chi connectivity index (χ0) is 18.0. The Balaban J connectivity index is 1.83. The molecule has 0 aliphatic rings. The average Bonchev–Trinajstić information content (AvgIpc) is 3.06. The standard InChI is InChI=1S/C19H23N5O/c1-12-13(2)23-18(14-6-8-20-9-7-14)24-17(12)22-11-16-21-10-15(25-16)19(3,4)5/h6-10H,11H2,1-5H3,(H,22,23,24). The predicted molar refractivity (Wildman–Crippen MR) is 97.3 cm³/mol. The Bertz CT molecular complexity index is 865. The molecule has 0 fully saturated rings. The third-order valence-corrected chi connectivity index (χ3v) is 4.03. The highest BCUT2D eigenvalue weighted by atomic mass is 16.4. The fraction of sp³-hybridized carbons (Fsp3) is 0.368. The minimum Gasteiger partial charge on any atom is -0.443 e. The van der Waals surface area contributed by atoms with E-state index < -0.39 is 0 Å². The molecule has 3 rings (SSSR count). The molecule has 6 heteroatoms. The van der Waals surface area contributed by atoms with Crippen LogP contribution in [-0.2, 0) is 12.0 Å². The fourth-order valence-electron chi connectivity index (χ4n) is 2.33. The van der Waals surface area contributed by atoms with Gasteiger partial charge < -0.3 is 9.73 Å². The maximum absolute atomic E-state index is 5.83. The molecule has 0 saturated heterocycles. The van der Waals surface area contributed by atoms with Crippen molar-refractivity contribution in [3.8, 4) is 11.4 Å². The first-order valence-electron chi connectivity index (χ1n) is 8.29. The lowest BCUT2D eigenvalue weighted by Gasteiger charge is -2.13. The highest BCUT2D eigenvalue weighted by Gasteiger charge is 2.19. The molecule has 0 aliphatic heterocycles. The van der Waals surface area contributed by atoms with Crippen LogP contribution in [-0.4, -0.2) is 19.9 Å². The third kappa shape index (κ3) is 3.84. The van der Waals surface area contributed by atoms with Gasteiger partial charge in [-0.2, -0.15) is 0 Å². The highest BCUT2D eigenvalue weighted by Crippen LogP contribution is 2.24. The van der Waals surface area contributed by atoms with E-state index >= 15 is 0 Å². The van der Waals surface area contributed by atoms with Gasteiger partial charge in [0.1, 0.15) is 11.6 Å². The van der Waals surface area contributed by atoms with Gasteiger partial charge >= 0.3 is 0 Å². The van der Waals surface area contributed by atoms with Crippen molar-refractivity contribution in [2.24, 2.45) is 0 Å². The molecule has 3 aromatic rings. The van der Waals surface area contributed by atoms with Crippen LogP contribution in [0.4, 0.5) is 5.82 Å². The summed E-state index contributed by atoms with van der Waals surface area (Å²) in [6, 6.07) is 3.80. The third-order valence-electron chi connectivity index (χ3n) is 4.03. The van der Waals surface area contributed by atoms with Gasteiger partial charge in [0.25, 0.3) is 0 Å². The molecule has 3 heterocycles. The second-order valence-corrected chi connectivity index (χ2v) is 7.06. The number of pyridine rings is 1. The van der Waals surface area contributed by atoms with E-state index in [1.165, 1.54) is 0 Å². The number of hydrogen-bond acceptors (Lipinski definition) is 6. The zero-order valence-electron chi connectivity index (χ0n) is 15.3. The average molecular weight is 337 g/mol. The van der Waals surface area contributed by atoms with Gasteiger partial charge in [0.2, 0.25) is 5.89 Å². The van der Waals surface area contributed by atoms with E-state index in [2.05, 4.69) is 46.0 Å². The summed E-state index contributed by atoms with van der Waals surface area (Å²) in [5.74, 6) is 2.98. The molecule has 0 aromatic carbocycles. The van der Waals surface area contributed by atoms with Crippen LogP contribution in [0.2, 0.25) is 0 Å². The summed E-state index contributed by atoms with van der Waals surface area (Å²) in [6.45, 7) is 10.8. The van der Waals surface area contributed by atoms with Gasteiger partial charge in [-0.3, -0.25) is 4.98 Å². The van der Waals surface area contributed by atoms with E-state index in [-0.39, 0.29) is 5.41 Å². The normalized spacial score (nSPS) is 11.6. The topological polar surface area (TPSA) is 76.7 Å². The summed E-state index contributed by atoms with van der Waals surface area (Å²) in [5, 5.41) is 3.32. The van der Waals surface area contributed by atoms with Gasteiger partial charge in [0, 0.05) is 34.6 Å². The summed E-state index contributed by atoms with van der Waals surface area (Å²) < 4.78 is 5.83. The minimum atomic E-state index is -0.0544. The Morgan fingerprint density at radius 3 is 2.44 bits per heavy atom. The number of nitrogens with one attached hydrogen (secondary N) is 1. The van der Waals surface area contributed by atoms with E-state index in [1.807, 2.05) is 26.0 Å². The van der Waals surface area contributed by atoms with Crippen LogP contribution in [0.25, 0.3) is 11.4 Å². The van der Waals surface area contributed by atoms with Gasteiger partial charge in [0.05, 0.1) is 12.7 Å². The van der Waals surface area contributed by atoms with Gasteiger partial charge in [-0.1, -0.05) is 20.8 Å². The highest BCUT2D eigenvalue weighted by molar-refractivity contribution is 5.59. The molecule has 0 bridgehead atoms. The van der Waals surface area contributed by atoms with Crippen molar-refractivity contribution in [3.63, 3.8) is 0 Å². The van der Waals surface area contributed by atoms with Crippen molar-refractivity contribution in [3.05, 3.63) is 53.6 Å². The number of anilines is 1. The lowest BCUT2D eigenvalue weighted by Crippen LogP contribution is -2.09. The minimum absolute atomic E-state index is 0.0544. The van der Waals surface area contributed by atoms with Crippen molar-refractivity contribution in [1.82, 2.24) is 19.9 Å². The summed E-state index contributed by atoms with van der Waals surface area (Å²) in [6.07, 6.45) is 5.26. The van der Waals surface area contributed by atoms with E-state index in [1.54, 1.807) is 18.6 Å².